The Hall–Kier alpha value is -1.47. The fourth-order valence-electron chi connectivity index (χ4n) is 3.15. The minimum absolute atomic E-state index is 0.0603. The number of nitrogens with zero attached hydrogens (tertiary/aromatic N) is 1. The molecular weight excluding hydrogens is 306 g/mol. The smallest absolute Gasteiger partial charge is 0.282 e. The molecule has 1 aliphatic rings. The fourth-order valence-corrected chi connectivity index (χ4v) is 3.91. The molecule has 1 fully saturated rings. The molecule has 122 valence electrons. The minimum Gasteiger partial charge on any atom is -0.282 e. The molecule has 0 atom stereocenters. The van der Waals surface area contributed by atoms with Gasteiger partial charge in [-0.3, -0.25) is 14.7 Å². The van der Waals surface area contributed by atoms with Crippen LogP contribution in [-0.4, -0.2) is 17.9 Å². The van der Waals surface area contributed by atoms with Crippen LogP contribution in [0.25, 0.3) is 0 Å². The molecule has 0 amide bonds. The summed E-state index contributed by atoms with van der Waals surface area (Å²) in [6.07, 6.45) is 8.06. The zero-order chi connectivity index (χ0) is 16.2. The normalized spacial score (nSPS) is 18.2. The first-order valence-electron chi connectivity index (χ1n) is 7.65. The zero-order valence-electron chi connectivity index (χ0n) is 12.4. The van der Waals surface area contributed by atoms with Gasteiger partial charge in [-0.15, -0.1) is 0 Å². The van der Waals surface area contributed by atoms with E-state index in [9.17, 15) is 23.1 Å². The summed E-state index contributed by atoms with van der Waals surface area (Å²) in [5.74, 6) is -0.0603. The predicted octanol–water partition coefficient (Wildman–Crippen LogP) is 4.06. The summed E-state index contributed by atoms with van der Waals surface area (Å²) in [5, 5.41) is 11.0. The molecule has 1 N–H and O–H groups in total. The summed E-state index contributed by atoms with van der Waals surface area (Å²) in [7, 11) is -4.38. The van der Waals surface area contributed by atoms with Gasteiger partial charge < -0.3 is 0 Å². The molecule has 0 bridgehead atoms. The lowest BCUT2D eigenvalue weighted by Crippen LogP contribution is -2.09. The van der Waals surface area contributed by atoms with Crippen molar-refractivity contribution in [1.82, 2.24) is 0 Å². The Bertz CT molecular complexity index is 631. The van der Waals surface area contributed by atoms with Gasteiger partial charge in [0.25, 0.3) is 15.8 Å². The van der Waals surface area contributed by atoms with E-state index in [1.54, 1.807) is 0 Å². The molecule has 1 aliphatic carbocycles. The largest absolute Gasteiger partial charge is 0.294 e. The van der Waals surface area contributed by atoms with Crippen LogP contribution >= 0.6 is 0 Å². The van der Waals surface area contributed by atoms with E-state index in [1.807, 2.05) is 0 Å². The molecule has 0 radical (unpaired) electrons. The van der Waals surface area contributed by atoms with E-state index in [1.165, 1.54) is 18.9 Å². The Kier molecular flexibility index (Phi) is 5.52. The Balaban J connectivity index is 2.43. The monoisotopic (exact) mass is 327 g/mol. The molecule has 0 spiro atoms. The zero-order valence-corrected chi connectivity index (χ0v) is 13.2. The highest BCUT2D eigenvalue weighted by atomic mass is 32.2. The summed E-state index contributed by atoms with van der Waals surface area (Å²) >= 11 is 0. The summed E-state index contributed by atoms with van der Waals surface area (Å²) < 4.78 is 32.6. The van der Waals surface area contributed by atoms with Crippen LogP contribution in [0, 0.1) is 10.1 Å². The van der Waals surface area contributed by atoms with Crippen molar-refractivity contribution < 1.29 is 17.9 Å². The minimum atomic E-state index is -4.38. The maximum absolute atomic E-state index is 11.6. The number of hydrogen-bond acceptors (Lipinski definition) is 4. The van der Waals surface area contributed by atoms with Gasteiger partial charge in [-0.1, -0.05) is 38.5 Å². The third-order valence-corrected chi connectivity index (χ3v) is 5.20. The van der Waals surface area contributed by atoms with Crippen molar-refractivity contribution >= 4 is 15.8 Å². The van der Waals surface area contributed by atoms with Crippen LogP contribution in [0.5, 0.6) is 0 Å². The first-order chi connectivity index (χ1) is 10.4. The molecule has 1 aromatic rings. The SMILES string of the molecule is O=[N+]([O-])c1ccc(S(=O)(=O)O)c(C2CCCCCCCC2)c1. The molecule has 1 saturated carbocycles. The quantitative estimate of drug-likeness (QED) is 0.513. The summed E-state index contributed by atoms with van der Waals surface area (Å²) in [6.45, 7) is 0. The summed E-state index contributed by atoms with van der Waals surface area (Å²) in [5.41, 5.74) is 0.251. The number of nitro groups is 1. The summed E-state index contributed by atoms with van der Waals surface area (Å²) in [4.78, 5) is 10.2. The topological polar surface area (TPSA) is 97.5 Å². The van der Waals surface area contributed by atoms with Crippen LogP contribution in [0.1, 0.15) is 62.8 Å². The van der Waals surface area contributed by atoms with Crippen molar-refractivity contribution in [1.29, 1.82) is 0 Å². The average molecular weight is 327 g/mol. The fraction of sp³-hybridized carbons (Fsp3) is 0.600. The molecule has 7 heteroatoms. The van der Waals surface area contributed by atoms with Gasteiger partial charge in [0.15, 0.2) is 0 Å². The molecule has 0 aliphatic heterocycles. The Morgan fingerprint density at radius 3 is 2.09 bits per heavy atom. The van der Waals surface area contributed by atoms with Crippen molar-refractivity contribution in [3.63, 3.8) is 0 Å². The van der Waals surface area contributed by atoms with Crippen molar-refractivity contribution in [2.45, 2.75) is 62.2 Å². The van der Waals surface area contributed by atoms with E-state index in [0.29, 0.717) is 5.56 Å². The number of non-ortho nitro benzene ring substituents is 1. The molecule has 0 unspecified atom stereocenters. The van der Waals surface area contributed by atoms with Gasteiger partial charge in [-0.05, 0) is 30.4 Å². The second-order valence-corrected chi connectivity index (χ2v) is 7.24. The molecule has 6 nitrogen and oxygen atoms in total. The van der Waals surface area contributed by atoms with Crippen LogP contribution in [-0.2, 0) is 10.1 Å². The lowest BCUT2D eigenvalue weighted by Gasteiger charge is -2.18. The van der Waals surface area contributed by atoms with E-state index in [4.69, 9.17) is 0 Å². The number of benzene rings is 1. The highest BCUT2D eigenvalue weighted by Gasteiger charge is 2.25. The van der Waals surface area contributed by atoms with Gasteiger partial charge in [0.1, 0.15) is 0 Å². The van der Waals surface area contributed by atoms with E-state index < -0.39 is 15.0 Å². The maximum Gasteiger partial charge on any atom is 0.294 e. The molecule has 1 aromatic carbocycles. The van der Waals surface area contributed by atoms with Gasteiger partial charge in [-0.25, -0.2) is 0 Å². The second kappa shape index (κ2) is 7.19. The van der Waals surface area contributed by atoms with E-state index >= 15 is 0 Å². The highest BCUT2D eigenvalue weighted by molar-refractivity contribution is 7.85. The first kappa shape index (κ1) is 16.9. The molecule has 0 aromatic heterocycles. The van der Waals surface area contributed by atoms with Crippen molar-refractivity contribution in [2.24, 2.45) is 0 Å². The standard InChI is InChI=1S/C15H21NO5S/c17-16(18)13-9-10-15(22(19,20)21)14(11-13)12-7-5-3-1-2-4-6-8-12/h9-12H,1-8H2,(H,19,20,21). The van der Waals surface area contributed by atoms with Crippen LogP contribution < -0.4 is 0 Å². The second-order valence-electron chi connectivity index (χ2n) is 5.85. The summed E-state index contributed by atoms with van der Waals surface area (Å²) in [6, 6.07) is 3.59. The molecule has 0 saturated heterocycles. The van der Waals surface area contributed by atoms with Crippen LogP contribution in [0.3, 0.4) is 0 Å². The lowest BCUT2D eigenvalue weighted by molar-refractivity contribution is -0.385. The van der Waals surface area contributed by atoms with Crippen molar-refractivity contribution in [3.05, 3.63) is 33.9 Å². The maximum atomic E-state index is 11.6. The third-order valence-electron chi connectivity index (χ3n) is 4.28. The van der Waals surface area contributed by atoms with Crippen molar-refractivity contribution in [3.8, 4) is 0 Å². The Labute approximate surface area is 130 Å². The van der Waals surface area contributed by atoms with Gasteiger partial charge in [0.05, 0.1) is 9.82 Å². The molecule has 0 heterocycles. The number of hydrogen-bond donors (Lipinski definition) is 1. The van der Waals surface area contributed by atoms with E-state index in [0.717, 1.165) is 50.7 Å². The molecule has 22 heavy (non-hydrogen) atoms. The Morgan fingerprint density at radius 2 is 1.59 bits per heavy atom. The first-order valence-corrected chi connectivity index (χ1v) is 9.09. The van der Waals surface area contributed by atoms with Crippen molar-refractivity contribution in [2.75, 3.05) is 0 Å². The molecule has 2 rings (SSSR count). The van der Waals surface area contributed by atoms with Gasteiger partial charge in [0, 0.05) is 12.1 Å². The third kappa shape index (κ3) is 4.27. The number of rotatable bonds is 3. The average Bonchev–Trinajstić information content (AvgIpc) is 2.59. The van der Waals surface area contributed by atoms with E-state index in [-0.39, 0.29) is 16.5 Å². The van der Waals surface area contributed by atoms with Crippen LogP contribution in [0.2, 0.25) is 0 Å². The predicted molar refractivity (Wildman–Crippen MR) is 82.6 cm³/mol. The van der Waals surface area contributed by atoms with Crippen LogP contribution in [0.4, 0.5) is 5.69 Å². The van der Waals surface area contributed by atoms with Crippen LogP contribution in [0.15, 0.2) is 23.1 Å². The van der Waals surface area contributed by atoms with Gasteiger partial charge >= 0.3 is 0 Å². The Morgan fingerprint density at radius 1 is 1.05 bits per heavy atom. The molecular formula is C15H21NO5S. The lowest BCUT2D eigenvalue weighted by atomic mass is 9.89. The van der Waals surface area contributed by atoms with Gasteiger partial charge in [0.2, 0.25) is 0 Å². The van der Waals surface area contributed by atoms with E-state index in [2.05, 4.69) is 0 Å². The van der Waals surface area contributed by atoms with Gasteiger partial charge in [-0.2, -0.15) is 8.42 Å². The number of nitro benzene ring substituents is 1. The highest BCUT2D eigenvalue weighted by Crippen LogP contribution is 2.35.